The Bertz CT molecular complexity index is 335. The minimum Gasteiger partial charge on any atom is -0.183 e. The molecule has 1 aromatic carbocycles. The Hall–Kier alpha value is -1.000. The molecule has 1 nitrogen and oxygen atoms in total. The van der Waals surface area contributed by atoms with Crippen LogP contribution in [-0.2, 0) is 0 Å². The number of hydrogen-bond donors (Lipinski definition) is 0. The van der Waals surface area contributed by atoms with E-state index in [0.29, 0.717) is 0 Å². The van der Waals surface area contributed by atoms with E-state index in [1.54, 1.807) is 6.07 Å². The Kier molecular flexibility index (Phi) is 2.95. The van der Waals surface area contributed by atoms with Crippen LogP contribution in [0, 0.1) is 26.7 Å². The van der Waals surface area contributed by atoms with Crippen molar-refractivity contribution in [3.05, 3.63) is 33.4 Å². The van der Waals surface area contributed by atoms with Gasteiger partial charge in [-0.1, -0.05) is 5.92 Å². The highest BCUT2D eigenvalue weighted by Gasteiger charge is 1.85. The molecule has 0 atom stereocenters. The molecule has 0 N–H and O–H groups in total. The second-order valence-electron chi connectivity index (χ2n) is 1.87. The summed E-state index contributed by atoms with van der Waals surface area (Å²) in [7, 11) is 0. The van der Waals surface area contributed by atoms with Gasteiger partial charge in [0.15, 0.2) is 6.07 Å². The highest BCUT2D eigenvalue weighted by Crippen LogP contribution is 2.04. The molecule has 0 saturated heterocycles. The monoisotopic (exact) mass is 251 g/mol. The average Bonchev–Trinajstić information content (AvgIpc) is 2.04. The first-order chi connectivity index (χ1) is 5.33. The van der Waals surface area contributed by atoms with E-state index in [1.165, 1.54) is 3.57 Å². The fraction of sp³-hybridized carbons (Fsp3) is 0. The van der Waals surface area contributed by atoms with Crippen LogP contribution in [0.3, 0.4) is 0 Å². The molecule has 0 spiro atoms. The predicted octanol–water partition coefficient (Wildman–Crippen LogP) is 2.17. The molecule has 1 aromatic rings. The summed E-state index contributed by atoms with van der Waals surface area (Å²) in [6, 6.07) is 9.48. The molecule has 52 valence electrons. The largest absolute Gasteiger partial charge is 0.183 e. The lowest BCUT2D eigenvalue weighted by atomic mass is 10.2. The van der Waals surface area contributed by atoms with Crippen molar-refractivity contribution in [3.8, 4) is 17.9 Å². The van der Waals surface area contributed by atoms with Gasteiger partial charge in [0, 0.05) is 15.1 Å². The summed E-state index contributed by atoms with van der Waals surface area (Å²) in [5, 5.41) is 8.16. The number of hydrogen-bond acceptors (Lipinski definition) is 1. The molecule has 0 aliphatic rings. The second-order valence-corrected chi connectivity index (χ2v) is 3.11. The van der Waals surface area contributed by atoms with Crippen molar-refractivity contribution in [1.29, 1.82) is 5.26 Å². The third kappa shape index (κ3) is 2.61. The molecule has 0 amide bonds. The Labute approximate surface area is 79.2 Å². The Morgan fingerprint density at radius 2 is 1.82 bits per heavy atom. The molecule has 0 aliphatic carbocycles. The van der Waals surface area contributed by atoms with E-state index >= 15 is 0 Å². The van der Waals surface area contributed by atoms with Crippen LogP contribution in [0.1, 0.15) is 5.56 Å². The first-order valence-corrected chi connectivity index (χ1v) is 4.06. The second kappa shape index (κ2) is 4.00. The lowest BCUT2D eigenvalue weighted by molar-refractivity contribution is 1.54. The van der Waals surface area contributed by atoms with E-state index in [-0.39, 0.29) is 0 Å². The molecule has 0 radical (unpaired) electrons. The van der Waals surface area contributed by atoms with E-state index in [2.05, 4.69) is 34.4 Å². The minimum absolute atomic E-state index is 0.881. The Morgan fingerprint density at radius 3 is 2.36 bits per heavy atom. The molecule has 0 fully saturated rings. The molecule has 11 heavy (non-hydrogen) atoms. The predicted molar refractivity (Wildman–Crippen MR) is 51.7 cm³/mol. The smallest absolute Gasteiger partial charge is 0.152 e. The average molecular weight is 251 g/mol. The van der Waals surface area contributed by atoms with Gasteiger partial charge in [-0.3, -0.25) is 0 Å². The zero-order valence-corrected chi connectivity index (χ0v) is 7.79. The molecule has 0 aromatic heterocycles. The summed E-state index contributed by atoms with van der Waals surface area (Å²) in [5.74, 6) is 5.04. The summed E-state index contributed by atoms with van der Waals surface area (Å²) in [5.41, 5.74) is 0.881. The zero-order chi connectivity index (χ0) is 8.10. The van der Waals surface area contributed by atoms with E-state index in [4.69, 9.17) is 5.26 Å². The van der Waals surface area contributed by atoms with E-state index in [0.717, 1.165) is 5.56 Å². The molecule has 2 heteroatoms. The van der Waals surface area contributed by atoms with Gasteiger partial charge in [0.1, 0.15) is 0 Å². The number of benzene rings is 1. The van der Waals surface area contributed by atoms with Gasteiger partial charge in [-0.25, -0.2) is 0 Å². The number of nitrogens with zero attached hydrogens (tertiary/aromatic N) is 1. The SMILES string of the molecule is N#CC#Cc1ccc([125I])cc1. The van der Waals surface area contributed by atoms with E-state index < -0.39 is 0 Å². The van der Waals surface area contributed by atoms with Crippen molar-refractivity contribution in [3.63, 3.8) is 0 Å². The van der Waals surface area contributed by atoms with Gasteiger partial charge in [-0.15, -0.1) is 0 Å². The summed E-state index contributed by atoms with van der Waals surface area (Å²) in [6.07, 6.45) is 0. The summed E-state index contributed by atoms with van der Waals surface area (Å²) < 4.78 is 1.17. The van der Waals surface area contributed by atoms with E-state index in [9.17, 15) is 0 Å². The molecule has 1 rings (SSSR count). The van der Waals surface area contributed by atoms with Gasteiger partial charge in [-0.2, -0.15) is 5.26 Å². The van der Waals surface area contributed by atoms with E-state index in [1.807, 2.05) is 24.3 Å². The first-order valence-electron chi connectivity index (χ1n) is 2.98. The van der Waals surface area contributed by atoms with Gasteiger partial charge in [0.25, 0.3) is 0 Å². The maximum Gasteiger partial charge on any atom is 0.152 e. The van der Waals surface area contributed by atoms with Crippen LogP contribution in [0.2, 0.25) is 0 Å². The molecule has 0 saturated carbocycles. The Balaban J connectivity index is 2.93. The van der Waals surface area contributed by atoms with Gasteiger partial charge in [0.2, 0.25) is 0 Å². The van der Waals surface area contributed by atoms with Gasteiger partial charge in [0.05, 0.1) is 0 Å². The van der Waals surface area contributed by atoms with Crippen molar-refractivity contribution in [2.75, 3.05) is 0 Å². The maximum atomic E-state index is 8.16. The van der Waals surface area contributed by atoms with Crippen molar-refractivity contribution in [2.45, 2.75) is 0 Å². The normalized spacial score (nSPS) is 7.64. The van der Waals surface area contributed by atoms with Crippen LogP contribution in [-0.4, -0.2) is 0 Å². The topological polar surface area (TPSA) is 23.8 Å². The van der Waals surface area contributed by atoms with Crippen molar-refractivity contribution in [2.24, 2.45) is 0 Å². The third-order valence-corrected chi connectivity index (χ3v) is 1.83. The molecular weight excluding hydrogens is 247 g/mol. The van der Waals surface area contributed by atoms with Gasteiger partial charge < -0.3 is 0 Å². The fourth-order valence-corrected chi connectivity index (χ4v) is 0.993. The van der Waals surface area contributed by atoms with Crippen LogP contribution in [0.15, 0.2) is 24.3 Å². The summed E-state index contributed by atoms with van der Waals surface area (Å²) in [6.45, 7) is 0. The highest BCUT2D eigenvalue weighted by molar-refractivity contribution is 14.1. The molecule has 0 heterocycles. The van der Waals surface area contributed by atoms with Gasteiger partial charge >= 0.3 is 0 Å². The van der Waals surface area contributed by atoms with Crippen LogP contribution >= 0.6 is 22.6 Å². The Morgan fingerprint density at radius 1 is 1.18 bits per heavy atom. The first kappa shape index (κ1) is 8.10. The van der Waals surface area contributed by atoms with Crippen LogP contribution in [0.4, 0.5) is 0 Å². The van der Waals surface area contributed by atoms with Crippen molar-refractivity contribution in [1.82, 2.24) is 0 Å². The number of nitriles is 1. The lowest BCUT2D eigenvalue weighted by Gasteiger charge is -1.88. The van der Waals surface area contributed by atoms with Gasteiger partial charge in [-0.05, 0) is 46.9 Å². The minimum atomic E-state index is 0.881. The standard InChI is InChI=1S/C9H4IN/c10-9-5-3-8(4-6-9)2-1-7-11/h3-6H/i10-2. The molecule has 0 bridgehead atoms. The quantitative estimate of drug-likeness (QED) is 0.512. The molecule has 0 unspecified atom stereocenters. The number of rotatable bonds is 0. The highest BCUT2D eigenvalue weighted by atomic mass is 125. The molecular formula is C9H4IN. The fourth-order valence-electron chi connectivity index (χ4n) is 0.633. The summed E-state index contributed by atoms with van der Waals surface area (Å²) >= 11 is 2.22. The molecule has 0 aliphatic heterocycles. The van der Waals surface area contributed by atoms with Crippen LogP contribution in [0.5, 0.6) is 0 Å². The van der Waals surface area contributed by atoms with Crippen LogP contribution < -0.4 is 0 Å². The van der Waals surface area contributed by atoms with Crippen LogP contribution in [0.25, 0.3) is 0 Å². The van der Waals surface area contributed by atoms with Crippen molar-refractivity contribution >= 4 is 22.6 Å². The zero-order valence-electron chi connectivity index (χ0n) is 5.63. The maximum absolute atomic E-state index is 8.16. The van der Waals surface area contributed by atoms with Crippen molar-refractivity contribution < 1.29 is 0 Å². The lowest BCUT2D eigenvalue weighted by Crippen LogP contribution is -1.73. The number of halogens is 1. The third-order valence-electron chi connectivity index (χ3n) is 1.11. The summed E-state index contributed by atoms with van der Waals surface area (Å²) in [4.78, 5) is 0.